The lowest BCUT2D eigenvalue weighted by Crippen LogP contribution is -2.32. The van der Waals surface area contributed by atoms with Gasteiger partial charge in [-0.1, -0.05) is 25.1 Å². The van der Waals surface area contributed by atoms with Crippen LogP contribution in [-0.2, 0) is 6.42 Å². The Morgan fingerprint density at radius 3 is 2.71 bits per heavy atom. The maximum absolute atomic E-state index is 4.71. The molecule has 4 nitrogen and oxygen atoms in total. The van der Waals surface area contributed by atoms with Gasteiger partial charge in [-0.2, -0.15) is 0 Å². The molecule has 0 aliphatic carbocycles. The van der Waals surface area contributed by atoms with Gasteiger partial charge in [0.25, 0.3) is 0 Å². The minimum atomic E-state index is 0.618. The van der Waals surface area contributed by atoms with E-state index in [-0.39, 0.29) is 0 Å². The highest BCUT2D eigenvalue weighted by atomic mass is 15.2. The van der Waals surface area contributed by atoms with Crippen molar-refractivity contribution < 1.29 is 0 Å². The summed E-state index contributed by atoms with van der Waals surface area (Å²) in [5.41, 5.74) is 3.78. The number of anilines is 3. The second-order valence-electron chi connectivity index (χ2n) is 5.87. The molecule has 1 aromatic heterocycles. The van der Waals surface area contributed by atoms with Gasteiger partial charge in [0.1, 0.15) is 17.5 Å². The Bertz CT molecular complexity index is 666. The van der Waals surface area contributed by atoms with Gasteiger partial charge >= 0.3 is 0 Å². The van der Waals surface area contributed by atoms with Gasteiger partial charge in [0.15, 0.2) is 0 Å². The van der Waals surface area contributed by atoms with Crippen molar-refractivity contribution in [3.8, 4) is 0 Å². The fourth-order valence-electron chi connectivity index (χ4n) is 3.12. The van der Waals surface area contributed by atoms with E-state index in [4.69, 9.17) is 4.98 Å². The Labute approximate surface area is 126 Å². The number of nitrogens with one attached hydrogen (secondary N) is 1. The van der Waals surface area contributed by atoms with E-state index in [9.17, 15) is 0 Å². The van der Waals surface area contributed by atoms with Crippen molar-refractivity contribution in [2.45, 2.75) is 27.2 Å². The third kappa shape index (κ3) is 2.46. The zero-order valence-electron chi connectivity index (χ0n) is 13.1. The summed E-state index contributed by atoms with van der Waals surface area (Å²) >= 11 is 0. The van der Waals surface area contributed by atoms with Crippen molar-refractivity contribution in [3.63, 3.8) is 0 Å². The van der Waals surface area contributed by atoms with Gasteiger partial charge in [-0.25, -0.2) is 9.97 Å². The normalized spacial score (nSPS) is 17.5. The number of nitrogens with zero attached hydrogens (tertiary/aromatic N) is 3. The standard InChI is InChI=1S/C17H22N4/c1-11-9-14-7-5-6-8-15(14)21(10-11)17-12(2)16(18-4)19-13(3)20-17/h5-8,11H,9-10H2,1-4H3,(H,18,19,20). The van der Waals surface area contributed by atoms with Crippen LogP contribution in [0.15, 0.2) is 24.3 Å². The summed E-state index contributed by atoms with van der Waals surface area (Å²) in [5.74, 6) is 3.35. The molecule has 1 aromatic carbocycles. The fourth-order valence-corrected chi connectivity index (χ4v) is 3.12. The second-order valence-corrected chi connectivity index (χ2v) is 5.87. The van der Waals surface area contributed by atoms with Gasteiger partial charge < -0.3 is 10.2 Å². The van der Waals surface area contributed by atoms with E-state index in [1.54, 1.807) is 0 Å². The topological polar surface area (TPSA) is 41.1 Å². The number of para-hydroxylation sites is 1. The van der Waals surface area contributed by atoms with Crippen LogP contribution in [0.1, 0.15) is 23.9 Å². The third-order valence-corrected chi connectivity index (χ3v) is 4.07. The van der Waals surface area contributed by atoms with Crippen LogP contribution < -0.4 is 10.2 Å². The predicted molar refractivity (Wildman–Crippen MR) is 87.4 cm³/mol. The largest absolute Gasteiger partial charge is 0.373 e. The molecule has 0 radical (unpaired) electrons. The van der Waals surface area contributed by atoms with E-state index in [0.717, 1.165) is 36.0 Å². The van der Waals surface area contributed by atoms with Crippen LogP contribution in [0.4, 0.5) is 17.3 Å². The molecule has 0 amide bonds. The summed E-state index contributed by atoms with van der Waals surface area (Å²) in [6.07, 6.45) is 1.13. The summed E-state index contributed by atoms with van der Waals surface area (Å²) in [7, 11) is 1.91. The summed E-state index contributed by atoms with van der Waals surface area (Å²) in [6.45, 7) is 7.33. The van der Waals surface area contributed by atoms with Crippen LogP contribution >= 0.6 is 0 Å². The highest BCUT2D eigenvalue weighted by molar-refractivity contribution is 5.70. The van der Waals surface area contributed by atoms with E-state index in [2.05, 4.69) is 53.3 Å². The summed E-state index contributed by atoms with van der Waals surface area (Å²) in [5, 5.41) is 3.17. The maximum Gasteiger partial charge on any atom is 0.141 e. The Hall–Kier alpha value is -2.10. The predicted octanol–water partition coefficient (Wildman–Crippen LogP) is 3.47. The zero-order valence-corrected chi connectivity index (χ0v) is 13.1. The van der Waals surface area contributed by atoms with Crippen LogP contribution in [0, 0.1) is 19.8 Å². The molecule has 1 N–H and O–H groups in total. The quantitative estimate of drug-likeness (QED) is 0.915. The number of aryl methyl sites for hydroxylation is 1. The molecular formula is C17H22N4. The van der Waals surface area contributed by atoms with Gasteiger partial charge in [0.2, 0.25) is 0 Å². The minimum absolute atomic E-state index is 0.618. The summed E-state index contributed by atoms with van der Waals surface area (Å²) < 4.78 is 0. The van der Waals surface area contributed by atoms with E-state index < -0.39 is 0 Å². The molecule has 0 bridgehead atoms. The van der Waals surface area contributed by atoms with E-state index >= 15 is 0 Å². The van der Waals surface area contributed by atoms with Crippen molar-refractivity contribution in [3.05, 3.63) is 41.2 Å². The van der Waals surface area contributed by atoms with Gasteiger partial charge in [-0.05, 0) is 37.8 Å². The van der Waals surface area contributed by atoms with Crippen molar-refractivity contribution in [2.24, 2.45) is 5.92 Å². The fraction of sp³-hybridized carbons (Fsp3) is 0.412. The molecule has 0 fully saturated rings. The summed E-state index contributed by atoms with van der Waals surface area (Å²) in [4.78, 5) is 11.5. The highest BCUT2D eigenvalue weighted by Crippen LogP contribution is 2.36. The molecule has 4 heteroatoms. The lowest BCUT2D eigenvalue weighted by molar-refractivity contribution is 0.559. The first kappa shape index (κ1) is 13.9. The van der Waals surface area contributed by atoms with Crippen LogP contribution in [0.25, 0.3) is 0 Å². The molecule has 21 heavy (non-hydrogen) atoms. The molecular weight excluding hydrogens is 260 g/mol. The molecule has 110 valence electrons. The Morgan fingerprint density at radius 2 is 1.95 bits per heavy atom. The van der Waals surface area contributed by atoms with Crippen molar-refractivity contribution in [1.29, 1.82) is 0 Å². The van der Waals surface area contributed by atoms with Gasteiger partial charge in [-0.3, -0.25) is 0 Å². The average Bonchev–Trinajstić information content (AvgIpc) is 2.48. The van der Waals surface area contributed by atoms with Crippen molar-refractivity contribution in [1.82, 2.24) is 9.97 Å². The van der Waals surface area contributed by atoms with Crippen LogP contribution in [0.3, 0.4) is 0 Å². The molecule has 1 unspecified atom stereocenters. The van der Waals surface area contributed by atoms with E-state index in [1.165, 1.54) is 11.3 Å². The lowest BCUT2D eigenvalue weighted by Gasteiger charge is -2.35. The van der Waals surface area contributed by atoms with Gasteiger partial charge in [0.05, 0.1) is 0 Å². The molecule has 2 aromatic rings. The number of fused-ring (bicyclic) bond motifs is 1. The average molecular weight is 282 g/mol. The zero-order chi connectivity index (χ0) is 15.0. The van der Waals surface area contributed by atoms with E-state index in [0.29, 0.717) is 5.92 Å². The number of rotatable bonds is 2. The third-order valence-electron chi connectivity index (χ3n) is 4.07. The molecule has 1 aliphatic rings. The smallest absolute Gasteiger partial charge is 0.141 e. The molecule has 0 saturated carbocycles. The van der Waals surface area contributed by atoms with Crippen LogP contribution in [0.5, 0.6) is 0 Å². The van der Waals surface area contributed by atoms with Crippen LogP contribution in [-0.4, -0.2) is 23.6 Å². The number of hydrogen-bond acceptors (Lipinski definition) is 4. The molecule has 2 heterocycles. The Morgan fingerprint density at radius 1 is 1.19 bits per heavy atom. The monoisotopic (exact) mass is 282 g/mol. The van der Waals surface area contributed by atoms with Gasteiger partial charge in [-0.15, -0.1) is 0 Å². The van der Waals surface area contributed by atoms with E-state index in [1.807, 2.05) is 14.0 Å². The molecule has 0 saturated heterocycles. The lowest BCUT2D eigenvalue weighted by atomic mass is 9.93. The summed E-state index contributed by atoms with van der Waals surface area (Å²) in [6, 6.07) is 8.63. The maximum atomic E-state index is 4.71. The minimum Gasteiger partial charge on any atom is -0.373 e. The second kappa shape index (κ2) is 5.35. The molecule has 0 spiro atoms. The molecule has 1 aliphatic heterocycles. The Balaban J connectivity index is 2.15. The Kier molecular flexibility index (Phi) is 3.53. The first-order valence-electron chi connectivity index (χ1n) is 7.48. The number of benzene rings is 1. The first-order chi connectivity index (χ1) is 10.1. The number of aromatic nitrogens is 2. The number of hydrogen-bond donors (Lipinski definition) is 1. The first-order valence-corrected chi connectivity index (χ1v) is 7.48. The van der Waals surface area contributed by atoms with Crippen LogP contribution in [0.2, 0.25) is 0 Å². The van der Waals surface area contributed by atoms with Crippen molar-refractivity contribution in [2.75, 3.05) is 23.8 Å². The molecule has 3 rings (SSSR count). The van der Waals surface area contributed by atoms with Crippen molar-refractivity contribution >= 4 is 17.3 Å². The van der Waals surface area contributed by atoms with Gasteiger partial charge in [0, 0.05) is 24.8 Å². The SMILES string of the molecule is CNc1nc(C)nc(N2CC(C)Cc3ccccc32)c1C. The highest BCUT2D eigenvalue weighted by Gasteiger charge is 2.25. The molecule has 1 atom stereocenters.